The first kappa shape index (κ1) is 17.4. The summed E-state index contributed by atoms with van der Waals surface area (Å²) in [6.45, 7) is 2.84. The molecular formula is C14H24BNO3S. The molecule has 1 atom stereocenters. The molecule has 0 aliphatic heterocycles. The second-order valence-electron chi connectivity index (χ2n) is 4.87. The van der Waals surface area contributed by atoms with Crippen LogP contribution in [-0.2, 0) is 6.54 Å². The van der Waals surface area contributed by atoms with E-state index in [1.807, 2.05) is 17.8 Å². The lowest BCUT2D eigenvalue weighted by Crippen LogP contribution is -2.38. The number of thioether (sulfide) groups is 1. The lowest BCUT2D eigenvalue weighted by Gasteiger charge is -2.27. The van der Waals surface area contributed by atoms with Gasteiger partial charge in [0.2, 0.25) is 0 Å². The van der Waals surface area contributed by atoms with E-state index < -0.39 is 7.12 Å². The summed E-state index contributed by atoms with van der Waals surface area (Å²) in [6, 6.07) is 5.80. The lowest BCUT2D eigenvalue weighted by molar-refractivity contribution is 0.248. The normalized spacial score (nSPS) is 12.6. The smallest absolute Gasteiger partial charge is 0.488 e. The van der Waals surface area contributed by atoms with Gasteiger partial charge in [0.1, 0.15) is 5.75 Å². The molecule has 20 heavy (non-hydrogen) atoms. The second-order valence-corrected chi connectivity index (χ2v) is 5.78. The van der Waals surface area contributed by atoms with Crippen LogP contribution in [0.15, 0.2) is 18.2 Å². The Morgan fingerprint density at radius 1 is 1.40 bits per heavy atom. The van der Waals surface area contributed by atoms with Crippen LogP contribution in [-0.4, -0.2) is 54.3 Å². The van der Waals surface area contributed by atoms with E-state index >= 15 is 0 Å². The van der Waals surface area contributed by atoms with E-state index in [1.54, 1.807) is 19.2 Å². The van der Waals surface area contributed by atoms with E-state index in [4.69, 9.17) is 4.74 Å². The Hall–Kier alpha value is -0.685. The zero-order valence-corrected chi connectivity index (χ0v) is 13.5. The summed E-state index contributed by atoms with van der Waals surface area (Å²) in [5, 5.41) is 18.9. The summed E-state index contributed by atoms with van der Waals surface area (Å²) in [5.74, 6) is 1.80. The van der Waals surface area contributed by atoms with E-state index in [2.05, 4.69) is 25.1 Å². The van der Waals surface area contributed by atoms with Crippen molar-refractivity contribution >= 4 is 24.3 Å². The number of rotatable bonds is 8. The number of methoxy groups -OCH3 is 1. The zero-order chi connectivity index (χ0) is 15.1. The van der Waals surface area contributed by atoms with Gasteiger partial charge in [-0.15, -0.1) is 0 Å². The fraction of sp³-hybridized carbons (Fsp3) is 0.571. The zero-order valence-electron chi connectivity index (χ0n) is 12.7. The molecule has 0 fully saturated rings. The Balaban J connectivity index is 2.93. The Kier molecular flexibility index (Phi) is 7.44. The summed E-state index contributed by atoms with van der Waals surface area (Å²) in [5.41, 5.74) is 1.43. The summed E-state index contributed by atoms with van der Waals surface area (Å²) < 4.78 is 5.22. The van der Waals surface area contributed by atoms with Crippen LogP contribution >= 0.6 is 11.8 Å². The maximum atomic E-state index is 9.47. The predicted octanol–water partition coefficient (Wildman–Crippen LogP) is 0.948. The van der Waals surface area contributed by atoms with Crippen molar-refractivity contribution < 1.29 is 14.8 Å². The molecule has 0 aromatic heterocycles. The average Bonchev–Trinajstić information content (AvgIpc) is 2.44. The summed E-state index contributed by atoms with van der Waals surface area (Å²) in [6.07, 6.45) is 3.17. The molecule has 0 heterocycles. The third-order valence-corrected chi connectivity index (χ3v) is 4.22. The maximum Gasteiger partial charge on any atom is 0.488 e. The Bertz CT molecular complexity index is 417. The second kappa shape index (κ2) is 8.57. The molecule has 4 nitrogen and oxygen atoms in total. The van der Waals surface area contributed by atoms with Crippen molar-refractivity contribution in [3.05, 3.63) is 23.8 Å². The van der Waals surface area contributed by atoms with Crippen LogP contribution in [0.2, 0.25) is 0 Å². The van der Waals surface area contributed by atoms with Gasteiger partial charge in [-0.25, -0.2) is 0 Å². The highest BCUT2D eigenvalue weighted by Gasteiger charge is 2.20. The first-order valence-corrected chi connectivity index (χ1v) is 8.15. The van der Waals surface area contributed by atoms with Crippen molar-refractivity contribution in [3.8, 4) is 5.75 Å². The average molecular weight is 297 g/mol. The molecule has 112 valence electrons. The fourth-order valence-electron chi connectivity index (χ4n) is 2.24. The molecule has 0 spiro atoms. The molecule has 1 unspecified atom stereocenters. The standard InChI is InChI=1S/C14H24BNO3S/c1-5-12(10-20-4)16(2)9-11-8-13(19-3)6-7-14(11)15(17)18/h6-8,12,17-18H,5,9-10H2,1-4H3. The van der Waals surface area contributed by atoms with E-state index in [1.165, 1.54) is 0 Å². The molecule has 6 heteroatoms. The quantitative estimate of drug-likeness (QED) is 0.700. The van der Waals surface area contributed by atoms with Gasteiger partial charge >= 0.3 is 7.12 Å². The Morgan fingerprint density at radius 3 is 2.60 bits per heavy atom. The van der Waals surface area contributed by atoms with Crippen LogP contribution in [0.25, 0.3) is 0 Å². The largest absolute Gasteiger partial charge is 0.497 e. The first-order chi connectivity index (χ1) is 9.53. The molecule has 0 saturated carbocycles. The van der Waals surface area contributed by atoms with Gasteiger partial charge in [-0.2, -0.15) is 11.8 Å². The molecule has 0 bridgehead atoms. The third kappa shape index (κ3) is 4.70. The summed E-state index contributed by atoms with van der Waals surface area (Å²) in [7, 11) is 2.22. The molecule has 0 radical (unpaired) electrons. The molecule has 1 rings (SSSR count). The van der Waals surface area contributed by atoms with Gasteiger partial charge in [0.15, 0.2) is 0 Å². The number of nitrogens with zero attached hydrogens (tertiary/aromatic N) is 1. The van der Waals surface area contributed by atoms with Crippen molar-refractivity contribution in [2.24, 2.45) is 0 Å². The number of hydrogen-bond acceptors (Lipinski definition) is 5. The van der Waals surface area contributed by atoms with Crippen molar-refractivity contribution in [2.75, 3.05) is 26.2 Å². The first-order valence-electron chi connectivity index (χ1n) is 6.75. The molecule has 2 N–H and O–H groups in total. The minimum Gasteiger partial charge on any atom is -0.497 e. The van der Waals surface area contributed by atoms with Gasteiger partial charge in [-0.3, -0.25) is 4.90 Å². The van der Waals surface area contributed by atoms with Crippen LogP contribution in [0.4, 0.5) is 0 Å². The molecule has 1 aromatic carbocycles. The van der Waals surface area contributed by atoms with E-state index in [0.717, 1.165) is 23.5 Å². The lowest BCUT2D eigenvalue weighted by atomic mass is 9.76. The van der Waals surface area contributed by atoms with Crippen molar-refractivity contribution in [2.45, 2.75) is 25.9 Å². The summed E-state index contributed by atoms with van der Waals surface area (Å²) in [4.78, 5) is 2.25. The van der Waals surface area contributed by atoms with E-state index in [9.17, 15) is 10.0 Å². The highest BCUT2D eigenvalue weighted by Crippen LogP contribution is 2.16. The molecule has 1 aromatic rings. The Morgan fingerprint density at radius 2 is 2.10 bits per heavy atom. The third-order valence-electron chi connectivity index (χ3n) is 3.50. The van der Waals surface area contributed by atoms with Crippen LogP contribution in [0.3, 0.4) is 0 Å². The molecule has 0 aliphatic carbocycles. The van der Waals surface area contributed by atoms with Gasteiger partial charge < -0.3 is 14.8 Å². The predicted molar refractivity (Wildman–Crippen MR) is 86.7 cm³/mol. The highest BCUT2D eigenvalue weighted by molar-refractivity contribution is 7.98. The minimum absolute atomic E-state index is 0.472. The molecular weight excluding hydrogens is 273 g/mol. The fourth-order valence-corrected chi connectivity index (χ4v) is 3.12. The van der Waals surface area contributed by atoms with Crippen LogP contribution < -0.4 is 10.2 Å². The van der Waals surface area contributed by atoms with Crippen LogP contribution in [0, 0.1) is 0 Å². The van der Waals surface area contributed by atoms with Crippen molar-refractivity contribution in [1.82, 2.24) is 4.90 Å². The van der Waals surface area contributed by atoms with Gasteiger partial charge in [-0.1, -0.05) is 13.0 Å². The number of benzene rings is 1. The van der Waals surface area contributed by atoms with Crippen molar-refractivity contribution in [3.63, 3.8) is 0 Å². The Labute approximate surface area is 126 Å². The monoisotopic (exact) mass is 297 g/mol. The van der Waals surface area contributed by atoms with Crippen LogP contribution in [0.5, 0.6) is 5.75 Å². The highest BCUT2D eigenvalue weighted by atomic mass is 32.2. The van der Waals surface area contributed by atoms with Crippen molar-refractivity contribution in [1.29, 1.82) is 0 Å². The van der Waals surface area contributed by atoms with Gasteiger partial charge in [-0.05, 0) is 42.9 Å². The SMILES string of the molecule is CCC(CSC)N(C)Cc1cc(OC)ccc1B(O)O. The number of ether oxygens (including phenoxy) is 1. The molecule has 0 saturated heterocycles. The number of hydrogen-bond donors (Lipinski definition) is 2. The molecule has 0 amide bonds. The van der Waals surface area contributed by atoms with Gasteiger partial charge in [0, 0.05) is 18.3 Å². The van der Waals surface area contributed by atoms with Gasteiger partial charge in [0.25, 0.3) is 0 Å². The molecule has 0 aliphatic rings. The van der Waals surface area contributed by atoms with E-state index in [0.29, 0.717) is 18.0 Å². The topological polar surface area (TPSA) is 52.9 Å². The minimum atomic E-state index is -1.45. The summed E-state index contributed by atoms with van der Waals surface area (Å²) >= 11 is 1.83. The van der Waals surface area contributed by atoms with Crippen LogP contribution in [0.1, 0.15) is 18.9 Å². The van der Waals surface area contributed by atoms with Gasteiger partial charge in [0.05, 0.1) is 7.11 Å². The van der Waals surface area contributed by atoms with E-state index in [-0.39, 0.29) is 0 Å². The maximum absolute atomic E-state index is 9.47.